The molecule has 1 aliphatic rings. The van der Waals surface area contributed by atoms with Crippen LogP contribution in [-0.2, 0) is 4.74 Å². The number of methoxy groups -OCH3 is 1. The molecule has 1 aliphatic heterocycles. The SMILES string of the molecule is COc1cc(C)cc(C)c1-c1ccc2c(=O)cc(C3=CCCN(C(=O)OC(C)(C)C)C3)[nH]c2n1. The summed E-state index contributed by atoms with van der Waals surface area (Å²) < 4.78 is 11.1. The summed E-state index contributed by atoms with van der Waals surface area (Å²) in [4.78, 5) is 35.3. The van der Waals surface area contributed by atoms with Crippen LogP contribution in [0, 0.1) is 13.8 Å². The van der Waals surface area contributed by atoms with Crippen LogP contribution in [0.3, 0.4) is 0 Å². The summed E-state index contributed by atoms with van der Waals surface area (Å²) in [6, 6.07) is 9.28. The predicted molar refractivity (Wildman–Crippen MR) is 134 cm³/mol. The molecule has 1 amide bonds. The van der Waals surface area contributed by atoms with Crippen molar-refractivity contribution in [3.05, 3.63) is 63.5 Å². The van der Waals surface area contributed by atoms with Crippen LogP contribution in [0.1, 0.15) is 44.0 Å². The van der Waals surface area contributed by atoms with Gasteiger partial charge in [0, 0.05) is 23.9 Å². The maximum absolute atomic E-state index is 12.9. The summed E-state index contributed by atoms with van der Waals surface area (Å²) in [5.74, 6) is 0.742. The molecule has 0 saturated carbocycles. The van der Waals surface area contributed by atoms with E-state index in [4.69, 9.17) is 14.5 Å². The Morgan fingerprint density at radius 3 is 2.62 bits per heavy atom. The van der Waals surface area contributed by atoms with E-state index in [2.05, 4.69) is 17.1 Å². The molecular weight excluding hydrogens is 430 g/mol. The van der Waals surface area contributed by atoms with Crippen molar-refractivity contribution in [2.75, 3.05) is 20.2 Å². The van der Waals surface area contributed by atoms with E-state index < -0.39 is 5.60 Å². The Morgan fingerprint density at radius 1 is 1.15 bits per heavy atom. The van der Waals surface area contributed by atoms with Crippen LogP contribution in [-0.4, -0.2) is 46.8 Å². The van der Waals surface area contributed by atoms with Crippen molar-refractivity contribution in [3.8, 4) is 17.0 Å². The Balaban J connectivity index is 1.72. The minimum atomic E-state index is -0.564. The van der Waals surface area contributed by atoms with Crippen LogP contribution in [0.25, 0.3) is 27.9 Å². The highest BCUT2D eigenvalue weighted by atomic mass is 16.6. The standard InChI is InChI=1S/C27H31N3O4/c1-16-12-17(2)24(23(13-16)33-6)20-10-9-19-22(31)14-21(29-25(19)28-20)18-8-7-11-30(15-18)26(32)34-27(3,4)5/h8-10,12-14H,7,11,15H2,1-6H3,(H,28,29,31). The number of aryl methyl sites for hydroxylation is 2. The molecule has 4 rings (SSSR count). The van der Waals surface area contributed by atoms with Crippen molar-refractivity contribution in [3.63, 3.8) is 0 Å². The highest BCUT2D eigenvalue weighted by Gasteiger charge is 2.25. The number of nitrogens with one attached hydrogen (secondary N) is 1. The molecule has 178 valence electrons. The van der Waals surface area contributed by atoms with Crippen LogP contribution in [0.4, 0.5) is 4.79 Å². The van der Waals surface area contributed by atoms with E-state index in [0.717, 1.165) is 33.7 Å². The highest BCUT2D eigenvalue weighted by Crippen LogP contribution is 2.34. The molecule has 0 spiro atoms. The molecule has 3 aromatic rings. The zero-order valence-corrected chi connectivity index (χ0v) is 20.6. The zero-order valence-electron chi connectivity index (χ0n) is 20.6. The fraction of sp³-hybridized carbons (Fsp3) is 0.370. The van der Waals surface area contributed by atoms with E-state index in [1.165, 1.54) is 0 Å². The van der Waals surface area contributed by atoms with Gasteiger partial charge in [0.2, 0.25) is 0 Å². The first-order valence-electron chi connectivity index (χ1n) is 11.4. The Hall–Kier alpha value is -3.61. The number of nitrogens with zero attached hydrogens (tertiary/aromatic N) is 2. The van der Waals surface area contributed by atoms with Crippen LogP contribution >= 0.6 is 0 Å². The lowest BCUT2D eigenvalue weighted by atomic mass is 10.0. The maximum atomic E-state index is 12.9. The Kier molecular flexibility index (Phi) is 6.21. The van der Waals surface area contributed by atoms with Crippen molar-refractivity contribution in [1.29, 1.82) is 0 Å². The van der Waals surface area contributed by atoms with Crippen molar-refractivity contribution in [2.45, 2.75) is 46.6 Å². The van der Waals surface area contributed by atoms with E-state index in [-0.39, 0.29) is 11.5 Å². The van der Waals surface area contributed by atoms with Crippen LogP contribution in [0.2, 0.25) is 0 Å². The molecule has 0 unspecified atom stereocenters. The maximum Gasteiger partial charge on any atom is 0.410 e. The highest BCUT2D eigenvalue weighted by molar-refractivity contribution is 5.83. The van der Waals surface area contributed by atoms with Gasteiger partial charge in [-0.05, 0) is 75.9 Å². The van der Waals surface area contributed by atoms with Gasteiger partial charge < -0.3 is 19.4 Å². The third-order valence-corrected chi connectivity index (χ3v) is 5.76. The van der Waals surface area contributed by atoms with Gasteiger partial charge in [-0.3, -0.25) is 4.79 Å². The van der Waals surface area contributed by atoms with E-state index in [1.54, 1.807) is 24.1 Å². The number of ether oxygens (including phenoxy) is 2. The third kappa shape index (κ3) is 4.83. The molecule has 0 atom stereocenters. The average Bonchev–Trinajstić information content (AvgIpc) is 2.77. The van der Waals surface area contributed by atoms with E-state index in [9.17, 15) is 9.59 Å². The van der Waals surface area contributed by atoms with E-state index >= 15 is 0 Å². The van der Waals surface area contributed by atoms with Gasteiger partial charge in [-0.2, -0.15) is 0 Å². The summed E-state index contributed by atoms with van der Waals surface area (Å²) >= 11 is 0. The molecule has 7 heteroatoms. The second kappa shape index (κ2) is 8.97. The molecule has 0 radical (unpaired) electrons. The van der Waals surface area contributed by atoms with Gasteiger partial charge in [0.05, 0.1) is 24.7 Å². The van der Waals surface area contributed by atoms with Crippen molar-refractivity contribution < 1.29 is 14.3 Å². The van der Waals surface area contributed by atoms with Gasteiger partial charge in [0.1, 0.15) is 17.0 Å². The fourth-order valence-corrected chi connectivity index (χ4v) is 4.28. The molecule has 34 heavy (non-hydrogen) atoms. The molecule has 1 aromatic carbocycles. The lowest BCUT2D eigenvalue weighted by molar-refractivity contribution is 0.0273. The fourth-order valence-electron chi connectivity index (χ4n) is 4.28. The molecular formula is C27H31N3O4. The Bertz CT molecular complexity index is 1350. The number of carbonyl (C=O) groups excluding carboxylic acids is 1. The van der Waals surface area contributed by atoms with Gasteiger partial charge in [-0.25, -0.2) is 9.78 Å². The van der Waals surface area contributed by atoms with Crippen LogP contribution < -0.4 is 10.2 Å². The largest absolute Gasteiger partial charge is 0.496 e. The zero-order chi connectivity index (χ0) is 24.6. The lowest BCUT2D eigenvalue weighted by Crippen LogP contribution is -2.39. The first-order chi connectivity index (χ1) is 16.1. The quantitative estimate of drug-likeness (QED) is 0.577. The summed E-state index contributed by atoms with van der Waals surface area (Å²) in [7, 11) is 1.64. The number of H-pyrrole nitrogens is 1. The lowest BCUT2D eigenvalue weighted by Gasteiger charge is -2.30. The number of hydrogen-bond acceptors (Lipinski definition) is 5. The van der Waals surface area contributed by atoms with Gasteiger partial charge in [0.25, 0.3) is 0 Å². The van der Waals surface area contributed by atoms with Gasteiger partial charge >= 0.3 is 6.09 Å². The summed E-state index contributed by atoms with van der Waals surface area (Å²) in [6.07, 6.45) is 2.38. The number of pyridine rings is 2. The molecule has 0 fully saturated rings. The van der Waals surface area contributed by atoms with Crippen molar-refractivity contribution in [2.24, 2.45) is 0 Å². The number of amides is 1. The second-order valence-electron chi connectivity index (χ2n) is 9.72. The van der Waals surface area contributed by atoms with E-state index in [0.29, 0.717) is 36.2 Å². The van der Waals surface area contributed by atoms with Gasteiger partial charge in [-0.1, -0.05) is 12.1 Å². The molecule has 1 N–H and O–H groups in total. The number of fused-ring (bicyclic) bond motifs is 1. The minimum absolute atomic E-state index is 0.120. The second-order valence-corrected chi connectivity index (χ2v) is 9.72. The number of aromatic amines is 1. The number of aromatic nitrogens is 2. The first kappa shape index (κ1) is 23.5. The van der Waals surface area contributed by atoms with Crippen molar-refractivity contribution in [1.82, 2.24) is 14.9 Å². The number of hydrogen-bond donors (Lipinski definition) is 1. The average molecular weight is 462 g/mol. The predicted octanol–water partition coefficient (Wildman–Crippen LogP) is 5.24. The summed E-state index contributed by atoms with van der Waals surface area (Å²) in [5.41, 5.74) is 5.11. The topological polar surface area (TPSA) is 84.5 Å². The van der Waals surface area contributed by atoms with Crippen molar-refractivity contribution >= 4 is 22.7 Å². The number of carbonyl (C=O) groups is 1. The molecule has 0 aliphatic carbocycles. The summed E-state index contributed by atoms with van der Waals surface area (Å²) in [5, 5.41) is 0.511. The monoisotopic (exact) mass is 461 g/mol. The molecule has 0 bridgehead atoms. The molecule has 3 heterocycles. The normalized spacial score (nSPS) is 14.2. The van der Waals surface area contributed by atoms with E-state index in [1.807, 2.05) is 46.8 Å². The third-order valence-electron chi connectivity index (χ3n) is 5.76. The Labute approximate surface area is 199 Å². The smallest absolute Gasteiger partial charge is 0.410 e. The molecule has 2 aromatic heterocycles. The Morgan fingerprint density at radius 2 is 1.91 bits per heavy atom. The van der Waals surface area contributed by atoms with Gasteiger partial charge in [-0.15, -0.1) is 0 Å². The van der Waals surface area contributed by atoms with Crippen LogP contribution in [0.5, 0.6) is 5.75 Å². The summed E-state index contributed by atoms with van der Waals surface area (Å²) in [6.45, 7) is 10.5. The number of rotatable bonds is 3. The first-order valence-corrected chi connectivity index (χ1v) is 11.4. The van der Waals surface area contributed by atoms with Crippen LogP contribution in [0.15, 0.2) is 41.2 Å². The molecule has 0 saturated heterocycles. The number of benzene rings is 1. The van der Waals surface area contributed by atoms with Gasteiger partial charge in [0.15, 0.2) is 5.43 Å². The molecule has 7 nitrogen and oxygen atoms in total. The minimum Gasteiger partial charge on any atom is -0.496 e.